The van der Waals surface area contributed by atoms with Crippen molar-refractivity contribution in [2.75, 3.05) is 6.61 Å². The minimum Gasteiger partial charge on any atom is -0.460 e. The summed E-state index contributed by atoms with van der Waals surface area (Å²) in [6, 6.07) is -4.08. The van der Waals surface area contributed by atoms with E-state index >= 15 is 0 Å². The maximum absolute atomic E-state index is 13.0. The van der Waals surface area contributed by atoms with Crippen molar-refractivity contribution in [2.24, 2.45) is 0 Å². The zero-order valence-corrected chi connectivity index (χ0v) is 23.1. The number of hydrogen-bond donors (Lipinski definition) is 3. The van der Waals surface area contributed by atoms with Crippen LogP contribution in [-0.4, -0.2) is 82.5 Å². The summed E-state index contributed by atoms with van der Waals surface area (Å²) in [6.45, 7) is 12.3. The first-order valence-corrected chi connectivity index (χ1v) is 12.1. The lowest BCUT2D eigenvalue weighted by atomic mass is 10.1. The Kier molecular flexibility index (Phi) is 11.4. The summed E-state index contributed by atoms with van der Waals surface area (Å²) in [5, 5.41) is 7.44. The van der Waals surface area contributed by atoms with Gasteiger partial charge in [-0.2, -0.15) is 0 Å². The van der Waals surface area contributed by atoms with Crippen LogP contribution in [0.2, 0.25) is 0 Å². The second kappa shape index (κ2) is 13.3. The van der Waals surface area contributed by atoms with Crippen molar-refractivity contribution in [2.45, 2.75) is 104 Å². The monoisotopic (exact) mass is 542 g/mol. The largest absolute Gasteiger partial charge is 0.460 e. The van der Waals surface area contributed by atoms with Gasteiger partial charge in [-0.25, -0.2) is 4.79 Å². The van der Waals surface area contributed by atoms with Crippen LogP contribution in [0, 0.1) is 0 Å². The van der Waals surface area contributed by atoms with Crippen LogP contribution in [0.3, 0.4) is 0 Å². The fraction of sp³-hybridized carbons (Fsp3) is 0.708. The third kappa shape index (κ3) is 11.7. The topological polar surface area (TPSA) is 187 Å². The van der Waals surface area contributed by atoms with Crippen LogP contribution < -0.4 is 16.0 Å². The van der Waals surface area contributed by atoms with Gasteiger partial charge in [0.05, 0.1) is 18.6 Å². The summed E-state index contributed by atoms with van der Waals surface area (Å²) in [6.07, 6.45) is -0.816. The number of amides is 5. The Hall–Kier alpha value is -3.55. The third-order valence-corrected chi connectivity index (χ3v) is 4.70. The summed E-state index contributed by atoms with van der Waals surface area (Å²) in [5.41, 5.74) is -1.52. The highest BCUT2D eigenvalue weighted by Crippen LogP contribution is 2.13. The summed E-state index contributed by atoms with van der Waals surface area (Å²) >= 11 is 0. The number of hydrogen-bond acceptors (Lipinski definition) is 10. The van der Waals surface area contributed by atoms with Crippen molar-refractivity contribution >= 4 is 41.5 Å². The number of esters is 1. The molecular weight excluding hydrogens is 504 g/mol. The molecule has 3 atom stereocenters. The minimum absolute atomic E-state index is 0.106. The molecule has 0 spiro atoms. The van der Waals surface area contributed by atoms with Crippen LogP contribution in [0.15, 0.2) is 0 Å². The van der Waals surface area contributed by atoms with Gasteiger partial charge >= 0.3 is 11.9 Å². The molecule has 1 aliphatic heterocycles. The second-order valence-electron chi connectivity index (χ2n) is 10.8. The normalized spacial score (nSPS) is 16.3. The van der Waals surface area contributed by atoms with Gasteiger partial charge in [-0.1, -0.05) is 0 Å². The Morgan fingerprint density at radius 2 is 1.37 bits per heavy atom. The Morgan fingerprint density at radius 1 is 0.842 bits per heavy atom. The van der Waals surface area contributed by atoms with Gasteiger partial charge in [-0.05, 0) is 48.5 Å². The van der Waals surface area contributed by atoms with E-state index in [1.807, 2.05) is 0 Å². The van der Waals surface area contributed by atoms with Crippen LogP contribution >= 0.6 is 0 Å². The van der Waals surface area contributed by atoms with Crippen LogP contribution in [0.5, 0.6) is 0 Å². The molecule has 214 valence electrons. The molecule has 0 aliphatic carbocycles. The summed E-state index contributed by atoms with van der Waals surface area (Å²) in [4.78, 5) is 90.6. The van der Waals surface area contributed by atoms with Crippen molar-refractivity contribution in [3.8, 4) is 0 Å². The van der Waals surface area contributed by atoms with Crippen molar-refractivity contribution < 1.29 is 47.9 Å². The van der Waals surface area contributed by atoms with Crippen molar-refractivity contribution in [3.63, 3.8) is 0 Å². The second-order valence-corrected chi connectivity index (χ2v) is 10.8. The van der Waals surface area contributed by atoms with E-state index < -0.39 is 77.2 Å². The highest BCUT2D eigenvalue weighted by Gasteiger charge is 2.36. The maximum Gasteiger partial charge on any atom is 0.354 e. The quantitative estimate of drug-likeness (QED) is 0.230. The molecule has 0 unspecified atom stereocenters. The van der Waals surface area contributed by atoms with Gasteiger partial charge in [0.25, 0.3) is 11.8 Å². The molecule has 1 saturated heterocycles. The van der Waals surface area contributed by atoms with E-state index in [0.717, 1.165) is 0 Å². The van der Waals surface area contributed by atoms with E-state index in [0.29, 0.717) is 5.06 Å². The smallest absolute Gasteiger partial charge is 0.354 e. The Labute approximate surface area is 221 Å². The van der Waals surface area contributed by atoms with Gasteiger partial charge in [0, 0.05) is 19.8 Å². The minimum atomic E-state index is -1.52. The number of carbonyl (C=O) groups is 7. The van der Waals surface area contributed by atoms with Crippen LogP contribution in [-0.2, 0) is 47.9 Å². The summed E-state index contributed by atoms with van der Waals surface area (Å²) in [7, 11) is 0. The zero-order chi connectivity index (χ0) is 29.4. The molecule has 1 heterocycles. The molecule has 0 aromatic rings. The van der Waals surface area contributed by atoms with E-state index in [4.69, 9.17) is 14.3 Å². The van der Waals surface area contributed by atoms with Gasteiger partial charge in [-0.15, -0.1) is 5.06 Å². The third-order valence-electron chi connectivity index (χ3n) is 4.70. The molecule has 1 aliphatic rings. The fourth-order valence-electron chi connectivity index (χ4n) is 2.99. The van der Waals surface area contributed by atoms with E-state index in [2.05, 4.69) is 16.0 Å². The van der Waals surface area contributed by atoms with Crippen LogP contribution in [0.25, 0.3) is 0 Å². The van der Waals surface area contributed by atoms with Gasteiger partial charge in [0.1, 0.15) is 23.7 Å². The van der Waals surface area contributed by atoms with E-state index in [1.165, 1.54) is 13.8 Å². The van der Waals surface area contributed by atoms with E-state index in [9.17, 15) is 33.6 Å². The molecular formula is C24H38N4O10. The van der Waals surface area contributed by atoms with Gasteiger partial charge in [0.2, 0.25) is 17.7 Å². The summed E-state index contributed by atoms with van der Waals surface area (Å²) in [5.74, 6) is -5.62. The predicted octanol–water partition coefficient (Wildman–Crippen LogP) is -0.365. The predicted molar refractivity (Wildman–Crippen MR) is 130 cm³/mol. The van der Waals surface area contributed by atoms with Crippen molar-refractivity contribution in [1.29, 1.82) is 0 Å². The molecule has 38 heavy (non-hydrogen) atoms. The number of ether oxygens (including phenoxy) is 2. The molecule has 14 heteroatoms. The lowest BCUT2D eigenvalue weighted by Crippen LogP contribution is -2.57. The molecule has 14 nitrogen and oxygen atoms in total. The molecule has 3 N–H and O–H groups in total. The van der Waals surface area contributed by atoms with Crippen molar-refractivity contribution in [3.05, 3.63) is 0 Å². The lowest BCUT2D eigenvalue weighted by Gasteiger charge is -2.27. The Balaban J connectivity index is 3.03. The average Bonchev–Trinajstić information content (AvgIpc) is 3.05. The average molecular weight is 543 g/mol. The van der Waals surface area contributed by atoms with E-state index in [1.54, 1.807) is 41.5 Å². The molecule has 1 rings (SSSR count). The molecule has 5 amide bonds. The summed E-state index contributed by atoms with van der Waals surface area (Å²) < 4.78 is 10.8. The van der Waals surface area contributed by atoms with Crippen LogP contribution in [0.1, 0.15) is 74.7 Å². The fourth-order valence-corrected chi connectivity index (χ4v) is 2.99. The highest BCUT2D eigenvalue weighted by molar-refractivity contribution is 6.02. The zero-order valence-electron chi connectivity index (χ0n) is 23.1. The van der Waals surface area contributed by atoms with Crippen molar-refractivity contribution in [1.82, 2.24) is 21.0 Å². The Bertz CT molecular complexity index is 935. The molecule has 0 aromatic heterocycles. The van der Waals surface area contributed by atoms with Gasteiger partial charge in [-0.3, -0.25) is 28.8 Å². The molecule has 1 fully saturated rings. The lowest BCUT2D eigenvalue weighted by molar-refractivity contribution is -0.198. The number of nitrogens with zero attached hydrogens (tertiary/aromatic N) is 1. The van der Waals surface area contributed by atoms with Gasteiger partial charge in [0.15, 0.2) is 0 Å². The number of rotatable bonds is 11. The first-order chi connectivity index (χ1) is 17.3. The number of hydroxylamine groups is 2. The highest BCUT2D eigenvalue weighted by atomic mass is 16.7. The molecule has 0 radical (unpaired) electrons. The SMILES string of the molecule is CC(=O)N[C@@H](COC(C)(C)C)C(=O)N[C@@H](CC(=O)OC(C)(C)C)C(=O)N[C@@H](C)C(=O)ON1C(=O)CCC1=O. The molecule has 0 saturated carbocycles. The standard InChI is InChI=1S/C24H38N4O10/c1-13(22(35)38-28-17(30)9-10-18(28)31)25-20(33)15(11-19(32)37-24(6,7)8)27-21(34)16(26-14(2)29)12-36-23(3,4)5/h13,15-16H,9-12H2,1-8H3,(H,25,33)(H,26,29)(H,27,34)/t13-,15-,16-/m0/s1. The van der Waals surface area contributed by atoms with Crippen LogP contribution in [0.4, 0.5) is 0 Å². The van der Waals surface area contributed by atoms with Gasteiger partial charge < -0.3 is 30.3 Å². The number of carbonyl (C=O) groups excluding carboxylic acids is 7. The first kappa shape index (κ1) is 32.5. The Morgan fingerprint density at radius 3 is 1.84 bits per heavy atom. The number of nitrogens with one attached hydrogen (secondary N) is 3. The maximum atomic E-state index is 13.0. The first-order valence-electron chi connectivity index (χ1n) is 12.1. The molecule has 0 bridgehead atoms. The number of imide groups is 1. The molecule has 0 aromatic carbocycles. The van der Waals surface area contributed by atoms with E-state index in [-0.39, 0.29) is 19.4 Å².